The Morgan fingerprint density at radius 3 is 2.36 bits per heavy atom. The molecule has 76 valence electrons. The number of aromatic nitrogens is 2. The van der Waals surface area contributed by atoms with Gasteiger partial charge in [-0.05, 0) is 33.8 Å². The molecule has 4 heteroatoms. The van der Waals surface area contributed by atoms with Gasteiger partial charge in [-0.2, -0.15) is 5.10 Å². The van der Waals surface area contributed by atoms with Gasteiger partial charge in [0.25, 0.3) is 0 Å². The number of nitrogens with zero attached hydrogens (tertiary/aromatic N) is 2. The van der Waals surface area contributed by atoms with Gasteiger partial charge in [-0.3, -0.25) is 4.79 Å². The van der Waals surface area contributed by atoms with Gasteiger partial charge in [-0.1, -0.05) is 0 Å². The molecule has 1 aromatic rings. The predicted molar refractivity (Wildman–Crippen MR) is 51.9 cm³/mol. The van der Waals surface area contributed by atoms with Crippen LogP contribution in [0.25, 0.3) is 0 Å². The van der Waals surface area contributed by atoms with Crippen molar-refractivity contribution in [2.24, 2.45) is 5.41 Å². The summed E-state index contributed by atoms with van der Waals surface area (Å²) >= 11 is 0. The molecule has 0 saturated carbocycles. The largest absolute Gasteiger partial charge is 0.405 e. The Morgan fingerprint density at radius 1 is 1.29 bits per heavy atom. The van der Waals surface area contributed by atoms with E-state index in [1.165, 1.54) is 0 Å². The first-order valence-corrected chi connectivity index (χ1v) is 4.42. The van der Waals surface area contributed by atoms with Crippen LogP contribution in [-0.4, -0.2) is 16.2 Å². The van der Waals surface area contributed by atoms with Gasteiger partial charge in [0.2, 0.25) is 5.88 Å². The van der Waals surface area contributed by atoms with E-state index >= 15 is 0 Å². The van der Waals surface area contributed by atoms with Crippen LogP contribution in [0.5, 0.6) is 5.88 Å². The van der Waals surface area contributed by atoms with Gasteiger partial charge in [-0.15, -0.1) is 5.10 Å². The van der Waals surface area contributed by atoms with Crippen LogP contribution in [0.4, 0.5) is 0 Å². The molecule has 1 rings (SSSR count). The zero-order valence-electron chi connectivity index (χ0n) is 8.87. The maximum atomic E-state index is 11.4. The van der Waals surface area contributed by atoms with E-state index in [4.69, 9.17) is 4.74 Å². The third-order valence-corrected chi connectivity index (χ3v) is 1.58. The summed E-state index contributed by atoms with van der Waals surface area (Å²) in [5, 5.41) is 7.53. The molecule has 0 fully saturated rings. The number of hydrogen-bond donors (Lipinski definition) is 0. The monoisotopic (exact) mass is 194 g/mol. The van der Waals surface area contributed by atoms with Crippen molar-refractivity contribution in [2.75, 3.05) is 0 Å². The average molecular weight is 194 g/mol. The van der Waals surface area contributed by atoms with Crippen LogP contribution >= 0.6 is 0 Å². The van der Waals surface area contributed by atoms with Crippen LogP contribution < -0.4 is 4.74 Å². The minimum Gasteiger partial charge on any atom is -0.405 e. The lowest BCUT2D eigenvalue weighted by Gasteiger charge is -2.15. The SMILES string of the molecule is Cc1ccc(OC(=O)C(C)(C)C)nn1. The summed E-state index contributed by atoms with van der Waals surface area (Å²) in [6.45, 7) is 7.19. The number of carbonyl (C=O) groups excluding carboxylic acids is 1. The quantitative estimate of drug-likeness (QED) is 0.639. The lowest BCUT2D eigenvalue weighted by atomic mass is 9.97. The maximum Gasteiger partial charge on any atom is 0.317 e. The fraction of sp³-hybridized carbons (Fsp3) is 0.500. The van der Waals surface area contributed by atoms with E-state index in [0.29, 0.717) is 0 Å². The second kappa shape index (κ2) is 3.74. The van der Waals surface area contributed by atoms with E-state index in [2.05, 4.69) is 10.2 Å². The van der Waals surface area contributed by atoms with Crippen LogP contribution in [0.15, 0.2) is 12.1 Å². The average Bonchev–Trinajstić information content (AvgIpc) is 2.07. The molecule has 0 atom stereocenters. The molecule has 0 aliphatic rings. The molecule has 0 aromatic carbocycles. The van der Waals surface area contributed by atoms with Crippen molar-refractivity contribution in [2.45, 2.75) is 27.7 Å². The minimum atomic E-state index is -0.521. The molecule has 0 N–H and O–H groups in total. The smallest absolute Gasteiger partial charge is 0.317 e. The number of esters is 1. The molecule has 1 aromatic heterocycles. The molecule has 0 saturated heterocycles. The Balaban J connectivity index is 2.71. The molecule has 0 spiro atoms. The van der Waals surface area contributed by atoms with Crippen molar-refractivity contribution in [3.05, 3.63) is 17.8 Å². The highest BCUT2D eigenvalue weighted by Gasteiger charge is 2.24. The lowest BCUT2D eigenvalue weighted by molar-refractivity contribution is -0.143. The number of ether oxygens (including phenoxy) is 1. The van der Waals surface area contributed by atoms with E-state index < -0.39 is 5.41 Å². The van der Waals surface area contributed by atoms with E-state index in [9.17, 15) is 4.79 Å². The number of carbonyl (C=O) groups is 1. The summed E-state index contributed by atoms with van der Waals surface area (Å²) in [4.78, 5) is 11.4. The summed E-state index contributed by atoms with van der Waals surface area (Å²) < 4.78 is 5.02. The zero-order chi connectivity index (χ0) is 10.8. The van der Waals surface area contributed by atoms with Gasteiger partial charge in [0.1, 0.15) is 0 Å². The lowest BCUT2D eigenvalue weighted by Crippen LogP contribution is -2.26. The third kappa shape index (κ3) is 2.80. The van der Waals surface area contributed by atoms with Gasteiger partial charge in [0.15, 0.2) is 0 Å². The highest BCUT2D eigenvalue weighted by Crippen LogP contribution is 2.17. The molecule has 0 aliphatic heterocycles. The Morgan fingerprint density at radius 2 is 1.93 bits per heavy atom. The van der Waals surface area contributed by atoms with E-state index in [1.807, 2.05) is 6.92 Å². The highest BCUT2D eigenvalue weighted by atomic mass is 16.5. The molecule has 4 nitrogen and oxygen atoms in total. The van der Waals surface area contributed by atoms with Crippen LogP contribution in [-0.2, 0) is 4.79 Å². The number of rotatable bonds is 1. The number of hydrogen-bond acceptors (Lipinski definition) is 4. The Labute approximate surface area is 83.3 Å². The molecular formula is C10H14N2O2. The van der Waals surface area contributed by atoms with Gasteiger partial charge >= 0.3 is 5.97 Å². The van der Waals surface area contributed by atoms with E-state index in [-0.39, 0.29) is 11.8 Å². The summed E-state index contributed by atoms with van der Waals surface area (Å²) in [5.41, 5.74) is 0.271. The second-order valence-corrected chi connectivity index (χ2v) is 4.15. The first kappa shape index (κ1) is 10.6. The summed E-state index contributed by atoms with van der Waals surface area (Å²) in [7, 11) is 0. The fourth-order valence-corrected chi connectivity index (χ4v) is 0.689. The van der Waals surface area contributed by atoms with Gasteiger partial charge in [0.05, 0.1) is 11.1 Å². The molecule has 0 radical (unpaired) electrons. The Bertz CT molecular complexity index is 325. The van der Waals surface area contributed by atoms with Crippen molar-refractivity contribution >= 4 is 5.97 Å². The molecular weight excluding hydrogens is 180 g/mol. The molecule has 0 aliphatic carbocycles. The maximum absolute atomic E-state index is 11.4. The minimum absolute atomic E-state index is 0.246. The van der Waals surface area contributed by atoms with E-state index in [0.717, 1.165) is 5.69 Å². The second-order valence-electron chi connectivity index (χ2n) is 4.15. The standard InChI is InChI=1S/C10H14N2O2/c1-7-5-6-8(12-11-7)14-9(13)10(2,3)4/h5-6H,1-4H3. The summed E-state index contributed by atoms with van der Waals surface area (Å²) in [5.74, 6) is -0.0637. The van der Waals surface area contributed by atoms with E-state index in [1.54, 1.807) is 32.9 Å². The molecule has 0 amide bonds. The highest BCUT2D eigenvalue weighted by molar-refractivity contribution is 5.77. The van der Waals surface area contributed by atoms with Crippen LogP contribution in [0, 0.1) is 12.3 Å². The molecule has 1 heterocycles. The Hall–Kier alpha value is -1.45. The first-order chi connectivity index (χ1) is 6.39. The Kier molecular flexibility index (Phi) is 2.84. The molecule has 0 bridgehead atoms. The van der Waals surface area contributed by atoms with Crippen LogP contribution in [0.1, 0.15) is 26.5 Å². The third-order valence-electron chi connectivity index (χ3n) is 1.58. The number of aryl methyl sites for hydroxylation is 1. The summed E-state index contributed by atoms with van der Waals surface area (Å²) in [6, 6.07) is 3.38. The van der Waals surface area contributed by atoms with Crippen molar-refractivity contribution < 1.29 is 9.53 Å². The zero-order valence-corrected chi connectivity index (χ0v) is 8.87. The predicted octanol–water partition coefficient (Wildman–Crippen LogP) is 1.74. The van der Waals surface area contributed by atoms with Crippen molar-refractivity contribution in [1.82, 2.24) is 10.2 Å². The molecule has 14 heavy (non-hydrogen) atoms. The van der Waals surface area contributed by atoms with Crippen LogP contribution in [0.2, 0.25) is 0 Å². The van der Waals surface area contributed by atoms with Gasteiger partial charge in [-0.25, -0.2) is 0 Å². The summed E-state index contributed by atoms with van der Waals surface area (Å²) in [6.07, 6.45) is 0. The van der Waals surface area contributed by atoms with Gasteiger partial charge in [0, 0.05) is 6.07 Å². The normalized spacial score (nSPS) is 11.1. The first-order valence-electron chi connectivity index (χ1n) is 4.42. The topological polar surface area (TPSA) is 52.1 Å². The van der Waals surface area contributed by atoms with Gasteiger partial charge < -0.3 is 4.74 Å². The van der Waals surface area contributed by atoms with Crippen molar-refractivity contribution in [3.8, 4) is 5.88 Å². The fourth-order valence-electron chi connectivity index (χ4n) is 0.689. The van der Waals surface area contributed by atoms with Crippen LogP contribution in [0.3, 0.4) is 0 Å². The van der Waals surface area contributed by atoms with Crippen molar-refractivity contribution in [1.29, 1.82) is 0 Å². The molecule has 0 unspecified atom stereocenters. The van der Waals surface area contributed by atoms with Crippen molar-refractivity contribution in [3.63, 3.8) is 0 Å².